The molecule has 0 bridgehead atoms. The Labute approximate surface area is 372 Å². The van der Waals surface area contributed by atoms with Crippen molar-refractivity contribution >= 4 is 77.7 Å². The van der Waals surface area contributed by atoms with E-state index in [0.29, 0.717) is 0 Å². The van der Waals surface area contributed by atoms with Crippen LogP contribution in [0.1, 0.15) is 0 Å². The third-order valence-electron chi connectivity index (χ3n) is 12.5. The number of hydrogen-bond acceptors (Lipinski definition) is 2. The highest BCUT2D eigenvalue weighted by molar-refractivity contribution is 6.11. The summed E-state index contributed by atoms with van der Waals surface area (Å²) >= 11 is 0. The first-order chi connectivity index (χ1) is 31.8. The van der Waals surface area contributed by atoms with Crippen molar-refractivity contribution in [3.8, 4) is 22.5 Å². The Bertz CT molecular complexity index is 3590. The number of nitrogens with zero attached hydrogens (tertiary/aromatic N) is 4. The summed E-state index contributed by atoms with van der Waals surface area (Å²) in [4.78, 5) is 4.72. The van der Waals surface area contributed by atoms with Crippen molar-refractivity contribution < 1.29 is 0 Å². The second-order valence-electron chi connectivity index (χ2n) is 16.2. The van der Waals surface area contributed by atoms with E-state index < -0.39 is 0 Å². The second kappa shape index (κ2) is 15.7. The van der Waals surface area contributed by atoms with Crippen LogP contribution in [-0.4, -0.2) is 9.13 Å². The molecule has 0 saturated heterocycles. The first-order valence-electron chi connectivity index (χ1n) is 21.8. The van der Waals surface area contributed by atoms with Crippen molar-refractivity contribution in [2.45, 2.75) is 0 Å². The van der Waals surface area contributed by atoms with Crippen molar-refractivity contribution in [1.29, 1.82) is 0 Å². The Balaban J connectivity index is 0.949. The van der Waals surface area contributed by atoms with E-state index in [4.69, 9.17) is 0 Å². The maximum absolute atomic E-state index is 2.38. The van der Waals surface area contributed by atoms with E-state index in [1.807, 2.05) is 0 Å². The van der Waals surface area contributed by atoms with Gasteiger partial charge in [0.2, 0.25) is 0 Å². The molecule has 0 unspecified atom stereocenters. The van der Waals surface area contributed by atoms with E-state index in [2.05, 4.69) is 274 Å². The Morgan fingerprint density at radius 2 is 0.578 bits per heavy atom. The summed E-state index contributed by atoms with van der Waals surface area (Å²) in [6.07, 6.45) is 0. The molecule has 0 spiro atoms. The Kier molecular flexibility index (Phi) is 9.12. The summed E-state index contributed by atoms with van der Waals surface area (Å²) in [5, 5.41) is 4.95. The first kappa shape index (κ1) is 37.2. The van der Waals surface area contributed by atoms with E-state index in [0.717, 1.165) is 56.6 Å². The van der Waals surface area contributed by atoms with Crippen LogP contribution in [-0.2, 0) is 0 Å². The number of hydrogen-bond donors (Lipinski definition) is 0. The predicted octanol–water partition coefficient (Wildman–Crippen LogP) is 16.5. The molecule has 0 saturated carbocycles. The summed E-state index contributed by atoms with van der Waals surface area (Å²) in [7, 11) is 0. The maximum atomic E-state index is 2.38. The standard InChI is InChI=1S/C60H42N4/c1-5-19-45(20-6-1)61(51-36-38-55-53-28-13-15-30-57(53)63(59(55)41-51)47-23-9-3-10-24-47)49-34-32-43(33-35-49)44-18-17-27-50(40-44)62(46-21-7-2-8-22-46)52-37-39-56-54-29-14-16-31-58(54)64(60(56)42-52)48-25-11-4-12-26-48/h1-42H. The van der Waals surface area contributed by atoms with Crippen LogP contribution in [0.4, 0.5) is 34.1 Å². The lowest BCUT2D eigenvalue weighted by atomic mass is 10.0. The molecule has 10 aromatic carbocycles. The molecule has 0 radical (unpaired) electrons. The number of fused-ring (bicyclic) bond motifs is 6. The van der Waals surface area contributed by atoms with Gasteiger partial charge < -0.3 is 18.9 Å². The molecule has 2 aromatic heterocycles. The van der Waals surface area contributed by atoms with E-state index in [1.165, 1.54) is 43.6 Å². The van der Waals surface area contributed by atoms with Gasteiger partial charge in [0.25, 0.3) is 0 Å². The van der Waals surface area contributed by atoms with Crippen LogP contribution in [0.15, 0.2) is 255 Å². The fourth-order valence-corrected chi connectivity index (χ4v) is 9.58. The lowest BCUT2D eigenvalue weighted by molar-refractivity contribution is 1.18. The molecule has 0 aliphatic carbocycles. The lowest BCUT2D eigenvalue weighted by Gasteiger charge is -2.27. The van der Waals surface area contributed by atoms with Gasteiger partial charge in [-0.3, -0.25) is 0 Å². The van der Waals surface area contributed by atoms with Gasteiger partial charge in [-0.15, -0.1) is 0 Å². The summed E-state index contributed by atoms with van der Waals surface area (Å²) in [6.45, 7) is 0. The number of benzene rings is 10. The van der Waals surface area contributed by atoms with Gasteiger partial charge in [0.15, 0.2) is 0 Å². The van der Waals surface area contributed by atoms with Crippen LogP contribution in [0.2, 0.25) is 0 Å². The minimum absolute atomic E-state index is 1.08. The molecule has 64 heavy (non-hydrogen) atoms. The molecule has 0 amide bonds. The van der Waals surface area contributed by atoms with Crippen molar-refractivity contribution in [3.05, 3.63) is 255 Å². The van der Waals surface area contributed by atoms with Crippen molar-refractivity contribution in [1.82, 2.24) is 9.13 Å². The molecular weight excluding hydrogens is 777 g/mol. The molecular formula is C60H42N4. The molecule has 0 aliphatic rings. The molecule has 302 valence electrons. The largest absolute Gasteiger partial charge is 0.310 e. The average Bonchev–Trinajstić information content (AvgIpc) is 3.88. The van der Waals surface area contributed by atoms with Crippen LogP contribution >= 0.6 is 0 Å². The SMILES string of the molecule is c1ccc(N(c2ccc(-c3cccc(N(c4ccccc4)c4ccc5c6ccccc6n(-c6ccccc6)c5c4)c3)cc2)c2ccc3c4ccccc4n(-c4ccccc4)c3c2)cc1. The third-order valence-corrected chi connectivity index (χ3v) is 12.5. The zero-order valence-corrected chi connectivity index (χ0v) is 35.0. The van der Waals surface area contributed by atoms with Gasteiger partial charge in [0.1, 0.15) is 0 Å². The third kappa shape index (κ3) is 6.40. The average molecular weight is 819 g/mol. The molecule has 0 fully saturated rings. The maximum Gasteiger partial charge on any atom is 0.0561 e. The minimum atomic E-state index is 1.08. The van der Waals surface area contributed by atoms with Crippen LogP contribution in [0.25, 0.3) is 66.1 Å². The van der Waals surface area contributed by atoms with E-state index in [-0.39, 0.29) is 0 Å². The highest BCUT2D eigenvalue weighted by atomic mass is 15.2. The highest BCUT2D eigenvalue weighted by Gasteiger charge is 2.20. The zero-order chi connectivity index (χ0) is 42.4. The summed E-state index contributed by atoms with van der Waals surface area (Å²) in [6, 6.07) is 91.7. The number of rotatable bonds is 9. The Hall–Kier alpha value is -8.60. The minimum Gasteiger partial charge on any atom is -0.310 e. The predicted molar refractivity (Wildman–Crippen MR) is 270 cm³/mol. The van der Waals surface area contributed by atoms with Crippen LogP contribution in [0, 0.1) is 0 Å². The molecule has 12 rings (SSSR count). The lowest BCUT2D eigenvalue weighted by Crippen LogP contribution is -2.10. The van der Waals surface area contributed by atoms with Gasteiger partial charge >= 0.3 is 0 Å². The van der Waals surface area contributed by atoms with Gasteiger partial charge in [-0.2, -0.15) is 0 Å². The Morgan fingerprint density at radius 3 is 1.08 bits per heavy atom. The number of anilines is 6. The number of para-hydroxylation sites is 6. The zero-order valence-electron chi connectivity index (χ0n) is 35.0. The van der Waals surface area contributed by atoms with E-state index in [9.17, 15) is 0 Å². The topological polar surface area (TPSA) is 16.3 Å². The monoisotopic (exact) mass is 818 g/mol. The van der Waals surface area contributed by atoms with E-state index in [1.54, 1.807) is 0 Å². The summed E-state index contributed by atoms with van der Waals surface area (Å²) in [5.41, 5.74) is 15.8. The molecule has 0 atom stereocenters. The summed E-state index contributed by atoms with van der Waals surface area (Å²) < 4.78 is 4.77. The van der Waals surface area contributed by atoms with Crippen LogP contribution in [0.3, 0.4) is 0 Å². The van der Waals surface area contributed by atoms with Crippen molar-refractivity contribution in [3.63, 3.8) is 0 Å². The smallest absolute Gasteiger partial charge is 0.0561 e. The quantitative estimate of drug-likeness (QED) is 0.144. The normalized spacial score (nSPS) is 11.4. The molecule has 12 aromatic rings. The van der Waals surface area contributed by atoms with Crippen molar-refractivity contribution in [2.75, 3.05) is 9.80 Å². The van der Waals surface area contributed by atoms with Gasteiger partial charge in [0, 0.05) is 67.0 Å². The van der Waals surface area contributed by atoms with Crippen molar-refractivity contribution in [2.24, 2.45) is 0 Å². The number of aromatic nitrogens is 2. The summed E-state index contributed by atoms with van der Waals surface area (Å²) in [5.74, 6) is 0. The van der Waals surface area contributed by atoms with Crippen LogP contribution < -0.4 is 9.80 Å². The fourth-order valence-electron chi connectivity index (χ4n) is 9.58. The fraction of sp³-hybridized carbons (Fsp3) is 0. The molecule has 0 N–H and O–H groups in total. The van der Waals surface area contributed by atoms with Gasteiger partial charge in [-0.1, -0.05) is 146 Å². The van der Waals surface area contributed by atoms with Gasteiger partial charge in [-0.05, 0) is 120 Å². The molecule has 0 aliphatic heterocycles. The van der Waals surface area contributed by atoms with Gasteiger partial charge in [-0.25, -0.2) is 0 Å². The molecule has 2 heterocycles. The van der Waals surface area contributed by atoms with E-state index >= 15 is 0 Å². The van der Waals surface area contributed by atoms with Gasteiger partial charge in [0.05, 0.1) is 22.1 Å². The molecule has 4 heteroatoms. The van der Waals surface area contributed by atoms with Crippen LogP contribution in [0.5, 0.6) is 0 Å². The Morgan fingerprint density at radius 1 is 0.219 bits per heavy atom. The first-order valence-corrected chi connectivity index (χ1v) is 21.8. The molecule has 4 nitrogen and oxygen atoms in total. The second-order valence-corrected chi connectivity index (χ2v) is 16.2. The highest BCUT2D eigenvalue weighted by Crippen LogP contribution is 2.43.